The van der Waals surface area contributed by atoms with Crippen molar-refractivity contribution in [3.63, 3.8) is 0 Å². The molecule has 4 atom stereocenters. The summed E-state index contributed by atoms with van der Waals surface area (Å²) in [6.07, 6.45) is -3.49. The number of azo groups is 1. The molecule has 2 aromatic heterocycles. The number of carbonyl (C=O) groups excluding carboxylic acids is 3. The van der Waals surface area contributed by atoms with E-state index in [4.69, 9.17) is 14.2 Å². The summed E-state index contributed by atoms with van der Waals surface area (Å²) in [6.45, 7) is 7.45. The number of imidazole rings is 1. The molecule has 1 aliphatic heterocycles. The first-order valence-corrected chi connectivity index (χ1v) is 11.9. The summed E-state index contributed by atoms with van der Waals surface area (Å²) in [4.78, 5) is 59.5. The van der Waals surface area contributed by atoms with Gasteiger partial charge in [0, 0.05) is 20.8 Å². The Kier molecular flexibility index (Phi) is 7.62. The first-order chi connectivity index (χ1) is 18.1. The smallest absolute Gasteiger partial charge is 0.303 e. The lowest BCUT2D eigenvalue weighted by molar-refractivity contribution is -0.165. The second-order valence-corrected chi connectivity index (χ2v) is 8.71. The third-order valence-corrected chi connectivity index (χ3v) is 5.66. The first-order valence-electron chi connectivity index (χ1n) is 11.9. The number of nitrogens with zero attached hydrogens (tertiary/aromatic N) is 5. The van der Waals surface area contributed by atoms with Crippen LogP contribution < -0.4 is 10.9 Å². The van der Waals surface area contributed by atoms with E-state index >= 15 is 0 Å². The van der Waals surface area contributed by atoms with Crippen LogP contribution in [0.2, 0.25) is 0 Å². The van der Waals surface area contributed by atoms with Gasteiger partial charge in [0.1, 0.15) is 6.10 Å². The van der Waals surface area contributed by atoms with E-state index < -0.39 is 47.9 Å². The van der Waals surface area contributed by atoms with Crippen LogP contribution in [0.4, 0.5) is 17.6 Å². The number of rotatable bonds is 7. The zero-order valence-electron chi connectivity index (χ0n) is 21.4. The molecule has 3 aromatic rings. The maximum atomic E-state index is 12.9. The number of hydrogen-bond donors (Lipinski definition) is 2. The fourth-order valence-electron chi connectivity index (χ4n) is 4.11. The van der Waals surface area contributed by atoms with E-state index in [0.29, 0.717) is 12.1 Å². The maximum absolute atomic E-state index is 12.9. The molecular weight excluding hydrogens is 498 g/mol. The lowest BCUT2D eigenvalue weighted by Gasteiger charge is -2.24. The van der Waals surface area contributed by atoms with Crippen molar-refractivity contribution in [2.45, 2.75) is 65.6 Å². The maximum Gasteiger partial charge on any atom is 0.303 e. The van der Waals surface area contributed by atoms with E-state index in [1.54, 1.807) is 12.1 Å². The van der Waals surface area contributed by atoms with Crippen molar-refractivity contribution in [2.75, 3.05) is 5.32 Å². The average Bonchev–Trinajstić information content (AvgIpc) is 3.35. The molecule has 0 aliphatic carbocycles. The summed E-state index contributed by atoms with van der Waals surface area (Å²) in [5, 5.41) is 10.9. The molecule has 0 bridgehead atoms. The largest absolute Gasteiger partial charge is 0.456 e. The SMILES string of the molecule is CC[C@H]1O[C@@H](n2c(/N=N/c3ccc(C)cc3)nc3c(=O)[nH]c(NC(C)=O)nc32)C(OC(C)=O)[C@H]1OC(C)=O. The van der Waals surface area contributed by atoms with Crippen molar-refractivity contribution >= 4 is 46.6 Å². The van der Waals surface area contributed by atoms with Gasteiger partial charge in [0.15, 0.2) is 29.6 Å². The summed E-state index contributed by atoms with van der Waals surface area (Å²) >= 11 is 0. The van der Waals surface area contributed by atoms with Crippen LogP contribution in [0.25, 0.3) is 11.2 Å². The third kappa shape index (κ3) is 5.59. The zero-order chi connectivity index (χ0) is 27.6. The molecule has 4 rings (SSSR count). The van der Waals surface area contributed by atoms with E-state index in [1.807, 2.05) is 26.0 Å². The molecule has 38 heavy (non-hydrogen) atoms. The molecule has 1 fully saturated rings. The summed E-state index contributed by atoms with van der Waals surface area (Å²) in [5.74, 6) is -1.92. The second-order valence-electron chi connectivity index (χ2n) is 8.71. The van der Waals surface area contributed by atoms with Gasteiger partial charge in [-0.1, -0.05) is 24.6 Å². The van der Waals surface area contributed by atoms with Crippen LogP contribution in [0.5, 0.6) is 0 Å². The number of ether oxygens (including phenoxy) is 3. The summed E-state index contributed by atoms with van der Waals surface area (Å²) in [6, 6.07) is 7.22. The highest BCUT2D eigenvalue weighted by molar-refractivity contribution is 5.87. The molecule has 200 valence electrons. The Labute approximate surface area is 216 Å². The van der Waals surface area contributed by atoms with Crippen LogP contribution in [0, 0.1) is 6.92 Å². The van der Waals surface area contributed by atoms with Crippen LogP contribution in [-0.4, -0.2) is 55.7 Å². The number of anilines is 1. The molecule has 1 amide bonds. The number of H-pyrrole nitrogens is 1. The Morgan fingerprint density at radius 1 is 1.05 bits per heavy atom. The second kappa shape index (κ2) is 10.9. The van der Waals surface area contributed by atoms with Crippen molar-refractivity contribution in [1.82, 2.24) is 19.5 Å². The van der Waals surface area contributed by atoms with Gasteiger partial charge in [-0.25, -0.2) is 4.98 Å². The highest BCUT2D eigenvalue weighted by atomic mass is 16.6. The Bertz CT molecular complexity index is 1460. The summed E-state index contributed by atoms with van der Waals surface area (Å²) in [7, 11) is 0. The average molecular weight is 526 g/mol. The fraction of sp³-hybridized carbons (Fsp3) is 0.417. The number of aryl methyl sites for hydroxylation is 1. The number of carbonyl (C=O) groups is 3. The van der Waals surface area contributed by atoms with Crippen LogP contribution in [0.3, 0.4) is 0 Å². The molecule has 1 aromatic carbocycles. The standard InChI is InChI=1S/C24H27N7O7/c1-6-16-18(36-13(4)33)19(37-14(5)34)22(38-16)31-20-17(21(35)28-23(27-20)25-12(3)32)26-24(31)30-29-15-9-7-11(2)8-10-15/h7-10,16,18-19,22H,6H2,1-5H3,(H2,25,27,28,32,35)/b30-29+/t16-,18+,19?,22-/m1/s1. The van der Waals surface area contributed by atoms with E-state index in [1.165, 1.54) is 25.3 Å². The highest BCUT2D eigenvalue weighted by Gasteiger charge is 2.50. The Balaban J connectivity index is 1.92. The number of aromatic nitrogens is 4. The number of benzene rings is 1. The molecule has 14 heteroatoms. The van der Waals surface area contributed by atoms with Crippen LogP contribution in [-0.2, 0) is 28.6 Å². The van der Waals surface area contributed by atoms with Gasteiger partial charge in [-0.2, -0.15) is 4.98 Å². The zero-order valence-corrected chi connectivity index (χ0v) is 21.4. The normalized spacial score (nSPS) is 21.1. The molecule has 2 N–H and O–H groups in total. The van der Waals surface area contributed by atoms with Gasteiger partial charge >= 0.3 is 11.9 Å². The minimum Gasteiger partial charge on any atom is -0.456 e. The summed E-state index contributed by atoms with van der Waals surface area (Å²) in [5.41, 5.74) is 0.753. The molecular formula is C24H27N7O7. The van der Waals surface area contributed by atoms with E-state index in [2.05, 4.69) is 30.5 Å². The minimum absolute atomic E-state index is 0.0177. The number of esters is 2. The molecule has 1 aliphatic rings. The fourth-order valence-corrected chi connectivity index (χ4v) is 4.11. The van der Waals surface area contributed by atoms with Crippen molar-refractivity contribution < 1.29 is 28.6 Å². The van der Waals surface area contributed by atoms with Gasteiger partial charge in [0.2, 0.25) is 11.9 Å². The number of amides is 1. The van der Waals surface area contributed by atoms with Crippen LogP contribution >= 0.6 is 0 Å². The first kappa shape index (κ1) is 26.6. The Morgan fingerprint density at radius 3 is 2.32 bits per heavy atom. The van der Waals surface area contributed by atoms with Gasteiger partial charge in [0.05, 0.1) is 5.69 Å². The van der Waals surface area contributed by atoms with Crippen LogP contribution in [0.15, 0.2) is 39.3 Å². The van der Waals surface area contributed by atoms with Gasteiger partial charge in [-0.3, -0.25) is 34.0 Å². The molecule has 0 spiro atoms. The van der Waals surface area contributed by atoms with Crippen molar-refractivity contribution in [1.29, 1.82) is 0 Å². The molecule has 0 radical (unpaired) electrons. The predicted octanol–water partition coefficient (Wildman–Crippen LogP) is 2.97. The number of aromatic amines is 1. The van der Waals surface area contributed by atoms with Gasteiger partial charge in [-0.15, -0.1) is 10.2 Å². The number of fused-ring (bicyclic) bond motifs is 1. The Morgan fingerprint density at radius 2 is 1.71 bits per heavy atom. The van der Waals surface area contributed by atoms with E-state index in [-0.39, 0.29) is 23.1 Å². The monoisotopic (exact) mass is 525 g/mol. The molecule has 3 heterocycles. The molecule has 0 saturated carbocycles. The third-order valence-electron chi connectivity index (χ3n) is 5.66. The summed E-state index contributed by atoms with van der Waals surface area (Å²) < 4.78 is 18.6. The van der Waals surface area contributed by atoms with Crippen molar-refractivity contribution in [3.8, 4) is 0 Å². The van der Waals surface area contributed by atoms with E-state index in [9.17, 15) is 19.2 Å². The lowest BCUT2D eigenvalue weighted by atomic mass is 10.1. The van der Waals surface area contributed by atoms with Gasteiger partial charge in [0.25, 0.3) is 11.5 Å². The van der Waals surface area contributed by atoms with Gasteiger partial charge in [-0.05, 0) is 25.5 Å². The topological polar surface area (TPSA) is 179 Å². The van der Waals surface area contributed by atoms with Crippen molar-refractivity contribution in [2.24, 2.45) is 10.2 Å². The highest BCUT2D eigenvalue weighted by Crippen LogP contribution is 2.39. The molecule has 1 saturated heterocycles. The predicted molar refractivity (Wildman–Crippen MR) is 133 cm³/mol. The van der Waals surface area contributed by atoms with Crippen LogP contribution in [0.1, 0.15) is 45.9 Å². The number of nitrogens with one attached hydrogen (secondary N) is 2. The molecule has 1 unspecified atom stereocenters. The Hall–Kier alpha value is -4.46. The minimum atomic E-state index is -1.15. The van der Waals surface area contributed by atoms with Gasteiger partial charge < -0.3 is 14.2 Å². The lowest BCUT2D eigenvalue weighted by Crippen LogP contribution is -2.38. The number of hydrogen-bond acceptors (Lipinski definition) is 11. The van der Waals surface area contributed by atoms with E-state index in [0.717, 1.165) is 5.56 Å². The quantitative estimate of drug-likeness (QED) is 0.346. The molecule has 14 nitrogen and oxygen atoms in total. The van der Waals surface area contributed by atoms with Crippen molar-refractivity contribution in [3.05, 3.63) is 40.2 Å².